The van der Waals surface area contributed by atoms with Crippen molar-refractivity contribution in [2.75, 3.05) is 26.2 Å². The number of alkyl carbamates (subject to hydrolysis) is 1. The van der Waals surface area contributed by atoms with Crippen molar-refractivity contribution in [2.24, 2.45) is 5.73 Å². The molecule has 6 heteroatoms. The van der Waals surface area contributed by atoms with E-state index in [4.69, 9.17) is 10.5 Å². The van der Waals surface area contributed by atoms with E-state index in [1.165, 1.54) is 0 Å². The summed E-state index contributed by atoms with van der Waals surface area (Å²) < 4.78 is 5.06. The van der Waals surface area contributed by atoms with Crippen molar-refractivity contribution in [3.05, 3.63) is 0 Å². The number of amides is 1. The molecule has 0 bridgehead atoms. The first-order valence-electron chi connectivity index (χ1n) is 5.89. The third-order valence-corrected chi connectivity index (χ3v) is 2.34. The molecule has 6 nitrogen and oxygen atoms in total. The summed E-state index contributed by atoms with van der Waals surface area (Å²) in [6.45, 7) is 7.73. The van der Waals surface area contributed by atoms with E-state index < -0.39 is 17.8 Å². The zero-order valence-corrected chi connectivity index (χ0v) is 10.8. The fourth-order valence-corrected chi connectivity index (χ4v) is 1.64. The average molecular weight is 245 g/mol. The third kappa shape index (κ3) is 5.86. The molecule has 100 valence electrons. The van der Waals surface area contributed by atoms with Crippen LogP contribution < -0.4 is 11.1 Å². The number of hydrogen-bond acceptors (Lipinski definition) is 5. The standard InChI is InChI=1S/C11H23N3O3/c1-11(2,3)17-10(16)13-4-9(15)7-14-5-8(12)6-14/h8-9,15H,4-7,12H2,1-3H3,(H,13,16). The zero-order valence-electron chi connectivity index (χ0n) is 10.8. The van der Waals surface area contributed by atoms with Gasteiger partial charge in [0.2, 0.25) is 0 Å². The first-order chi connectivity index (χ1) is 7.76. The molecule has 0 aromatic heterocycles. The lowest BCUT2D eigenvalue weighted by Gasteiger charge is -2.38. The lowest BCUT2D eigenvalue weighted by Crippen LogP contribution is -2.58. The van der Waals surface area contributed by atoms with Gasteiger partial charge in [0.05, 0.1) is 6.10 Å². The van der Waals surface area contributed by atoms with Gasteiger partial charge in [-0.1, -0.05) is 0 Å². The Kier molecular flexibility index (Phi) is 4.73. The predicted molar refractivity (Wildman–Crippen MR) is 64.7 cm³/mol. The van der Waals surface area contributed by atoms with Gasteiger partial charge < -0.3 is 20.9 Å². The van der Waals surface area contributed by atoms with Crippen molar-refractivity contribution in [3.63, 3.8) is 0 Å². The summed E-state index contributed by atoms with van der Waals surface area (Å²) in [4.78, 5) is 13.4. The van der Waals surface area contributed by atoms with Crippen LogP contribution in [0.25, 0.3) is 0 Å². The Morgan fingerprint density at radius 2 is 2.18 bits per heavy atom. The van der Waals surface area contributed by atoms with E-state index in [0.29, 0.717) is 6.54 Å². The Bertz CT molecular complexity index is 259. The quantitative estimate of drug-likeness (QED) is 0.622. The molecule has 1 amide bonds. The molecular weight excluding hydrogens is 222 g/mol. The van der Waals surface area contributed by atoms with Crippen LogP contribution in [0.5, 0.6) is 0 Å². The van der Waals surface area contributed by atoms with Crippen molar-refractivity contribution in [3.8, 4) is 0 Å². The van der Waals surface area contributed by atoms with E-state index in [1.807, 2.05) is 4.90 Å². The Morgan fingerprint density at radius 3 is 2.65 bits per heavy atom. The summed E-state index contributed by atoms with van der Waals surface area (Å²) >= 11 is 0. The van der Waals surface area contributed by atoms with Crippen molar-refractivity contribution in [1.82, 2.24) is 10.2 Å². The number of carbonyl (C=O) groups is 1. The smallest absolute Gasteiger partial charge is 0.407 e. The first kappa shape index (κ1) is 14.2. The summed E-state index contributed by atoms with van der Waals surface area (Å²) in [5, 5.41) is 12.2. The second-order valence-corrected chi connectivity index (χ2v) is 5.52. The molecule has 0 spiro atoms. The van der Waals surface area contributed by atoms with Gasteiger partial charge >= 0.3 is 6.09 Å². The monoisotopic (exact) mass is 245 g/mol. The lowest BCUT2D eigenvalue weighted by atomic mass is 10.1. The number of aliphatic hydroxyl groups is 1. The second-order valence-electron chi connectivity index (χ2n) is 5.52. The van der Waals surface area contributed by atoms with Crippen molar-refractivity contribution in [2.45, 2.75) is 38.5 Å². The fourth-order valence-electron chi connectivity index (χ4n) is 1.64. The summed E-state index contributed by atoms with van der Waals surface area (Å²) in [5.41, 5.74) is 5.11. The molecule has 17 heavy (non-hydrogen) atoms. The number of likely N-dealkylation sites (tertiary alicyclic amines) is 1. The van der Waals surface area contributed by atoms with Crippen LogP contribution in [0.4, 0.5) is 4.79 Å². The lowest BCUT2D eigenvalue weighted by molar-refractivity contribution is 0.0415. The summed E-state index contributed by atoms with van der Waals surface area (Å²) in [6.07, 6.45) is -1.09. The van der Waals surface area contributed by atoms with Gasteiger partial charge in [0.25, 0.3) is 0 Å². The Balaban J connectivity index is 2.11. The van der Waals surface area contributed by atoms with Crippen LogP contribution in [-0.4, -0.2) is 60.0 Å². The molecule has 1 heterocycles. The molecule has 0 aromatic carbocycles. The maximum Gasteiger partial charge on any atom is 0.407 e. The number of carbonyl (C=O) groups excluding carboxylic acids is 1. The van der Waals surface area contributed by atoms with E-state index >= 15 is 0 Å². The van der Waals surface area contributed by atoms with Gasteiger partial charge in [-0.25, -0.2) is 4.79 Å². The normalized spacial score (nSPS) is 19.6. The number of nitrogens with two attached hydrogens (primary N) is 1. The van der Waals surface area contributed by atoms with Gasteiger partial charge in [0.1, 0.15) is 5.60 Å². The van der Waals surface area contributed by atoms with Gasteiger partial charge in [-0.2, -0.15) is 0 Å². The minimum Gasteiger partial charge on any atom is -0.444 e. The fraction of sp³-hybridized carbons (Fsp3) is 0.909. The number of nitrogens with zero attached hydrogens (tertiary/aromatic N) is 1. The molecule has 0 aliphatic carbocycles. The number of β-amino-alcohol motifs (C(OH)–C–C–N with tert-alkyl or cyclic N) is 1. The number of nitrogens with one attached hydrogen (secondary N) is 1. The van der Waals surface area contributed by atoms with E-state index in [2.05, 4.69) is 5.32 Å². The third-order valence-electron chi connectivity index (χ3n) is 2.34. The van der Waals surface area contributed by atoms with Gasteiger partial charge in [-0.3, -0.25) is 4.90 Å². The minimum atomic E-state index is -0.588. The largest absolute Gasteiger partial charge is 0.444 e. The van der Waals surface area contributed by atoms with E-state index in [9.17, 15) is 9.90 Å². The summed E-state index contributed by atoms with van der Waals surface area (Å²) in [5.74, 6) is 0. The molecule has 1 aliphatic rings. The molecule has 1 aliphatic heterocycles. The van der Waals surface area contributed by atoms with Gasteiger partial charge in [-0.15, -0.1) is 0 Å². The van der Waals surface area contributed by atoms with Crippen LogP contribution >= 0.6 is 0 Å². The molecule has 1 saturated heterocycles. The number of aliphatic hydroxyl groups excluding tert-OH is 1. The van der Waals surface area contributed by atoms with Crippen LogP contribution in [0.3, 0.4) is 0 Å². The van der Waals surface area contributed by atoms with E-state index in [-0.39, 0.29) is 12.6 Å². The number of ether oxygens (including phenoxy) is 1. The highest BCUT2D eigenvalue weighted by molar-refractivity contribution is 5.67. The number of rotatable bonds is 4. The Hall–Kier alpha value is -0.850. The molecular formula is C11H23N3O3. The molecule has 1 unspecified atom stereocenters. The molecule has 1 fully saturated rings. The molecule has 1 rings (SSSR count). The maximum atomic E-state index is 11.3. The highest BCUT2D eigenvalue weighted by Gasteiger charge is 2.25. The maximum absolute atomic E-state index is 11.3. The molecule has 0 aromatic rings. The van der Waals surface area contributed by atoms with Crippen LogP contribution in [0.1, 0.15) is 20.8 Å². The molecule has 1 atom stereocenters. The highest BCUT2D eigenvalue weighted by atomic mass is 16.6. The highest BCUT2D eigenvalue weighted by Crippen LogP contribution is 2.07. The second kappa shape index (κ2) is 5.66. The summed E-state index contributed by atoms with van der Waals surface area (Å²) in [7, 11) is 0. The Morgan fingerprint density at radius 1 is 1.59 bits per heavy atom. The number of hydrogen-bond donors (Lipinski definition) is 3. The van der Waals surface area contributed by atoms with E-state index in [1.54, 1.807) is 20.8 Å². The van der Waals surface area contributed by atoms with Crippen molar-refractivity contribution in [1.29, 1.82) is 0 Å². The van der Waals surface area contributed by atoms with Crippen LogP contribution in [0.15, 0.2) is 0 Å². The average Bonchev–Trinajstić information content (AvgIpc) is 2.09. The predicted octanol–water partition coefficient (Wildman–Crippen LogP) is -0.485. The molecule has 0 radical (unpaired) electrons. The van der Waals surface area contributed by atoms with Crippen molar-refractivity contribution < 1.29 is 14.6 Å². The minimum absolute atomic E-state index is 0.195. The van der Waals surface area contributed by atoms with Gasteiger partial charge in [0, 0.05) is 32.2 Å². The van der Waals surface area contributed by atoms with Crippen LogP contribution in [0, 0.1) is 0 Å². The van der Waals surface area contributed by atoms with E-state index in [0.717, 1.165) is 13.1 Å². The van der Waals surface area contributed by atoms with Gasteiger partial charge in [0.15, 0.2) is 0 Å². The topological polar surface area (TPSA) is 87.8 Å². The first-order valence-corrected chi connectivity index (χ1v) is 5.89. The molecule has 4 N–H and O–H groups in total. The SMILES string of the molecule is CC(C)(C)OC(=O)NCC(O)CN1CC(N)C1. The van der Waals surface area contributed by atoms with Crippen LogP contribution in [-0.2, 0) is 4.74 Å². The summed E-state index contributed by atoms with van der Waals surface area (Å²) in [6, 6.07) is 0.223. The molecule has 0 saturated carbocycles. The Labute approximate surface area is 102 Å². The van der Waals surface area contributed by atoms with Gasteiger partial charge in [-0.05, 0) is 20.8 Å². The zero-order chi connectivity index (χ0) is 13.1. The van der Waals surface area contributed by atoms with Crippen molar-refractivity contribution >= 4 is 6.09 Å². The van der Waals surface area contributed by atoms with Crippen LogP contribution in [0.2, 0.25) is 0 Å².